The molecule has 2 nitrogen and oxygen atoms in total. The monoisotopic (exact) mass is 282 g/mol. The highest BCUT2D eigenvalue weighted by Crippen LogP contribution is 2.19. The van der Waals surface area contributed by atoms with Crippen molar-refractivity contribution in [1.29, 1.82) is 0 Å². The summed E-state index contributed by atoms with van der Waals surface area (Å²) in [5, 5.41) is 3.39. The molecule has 1 saturated heterocycles. The Morgan fingerprint density at radius 3 is 2.69 bits per heavy atom. The minimum absolute atomic E-state index is 0.626. The quantitative estimate of drug-likeness (QED) is 0.915. The number of hydrogen-bond donors (Lipinski definition) is 1. The summed E-state index contributed by atoms with van der Waals surface area (Å²) in [6.45, 7) is 6.92. The van der Waals surface area contributed by atoms with Gasteiger partial charge in [0.1, 0.15) is 0 Å². The summed E-state index contributed by atoms with van der Waals surface area (Å²) < 4.78 is 1.23. The molecule has 1 N–H and O–H groups in total. The van der Waals surface area contributed by atoms with Crippen molar-refractivity contribution >= 4 is 15.9 Å². The lowest BCUT2D eigenvalue weighted by molar-refractivity contribution is 0.183. The zero-order valence-corrected chi connectivity index (χ0v) is 11.3. The van der Waals surface area contributed by atoms with Crippen LogP contribution in [0.1, 0.15) is 12.5 Å². The summed E-state index contributed by atoms with van der Waals surface area (Å²) in [6, 6.07) is 9.15. The highest BCUT2D eigenvalue weighted by Gasteiger charge is 2.17. The van der Waals surface area contributed by atoms with Crippen molar-refractivity contribution < 1.29 is 0 Å². The van der Waals surface area contributed by atoms with Crippen molar-refractivity contribution in [2.24, 2.45) is 0 Å². The fourth-order valence-electron chi connectivity index (χ4n) is 2.23. The summed E-state index contributed by atoms with van der Waals surface area (Å²) in [7, 11) is 0. The van der Waals surface area contributed by atoms with E-state index in [2.05, 4.69) is 57.3 Å². The molecule has 0 spiro atoms. The Bertz CT molecular complexity index is 334. The lowest BCUT2D eigenvalue weighted by Gasteiger charge is -2.33. The Hall–Kier alpha value is -0.380. The molecule has 0 amide bonds. The number of benzene rings is 1. The summed E-state index contributed by atoms with van der Waals surface area (Å²) in [5.41, 5.74) is 1.41. The molecule has 1 aromatic carbocycles. The van der Waals surface area contributed by atoms with Gasteiger partial charge in [0, 0.05) is 36.7 Å². The molecule has 0 bridgehead atoms. The third-order valence-electron chi connectivity index (χ3n) is 3.25. The van der Waals surface area contributed by atoms with Crippen molar-refractivity contribution in [3.05, 3.63) is 34.3 Å². The first-order valence-corrected chi connectivity index (χ1v) is 6.75. The van der Waals surface area contributed by atoms with E-state index in [1.165, 1.54) is 23.1 Å². The summed E-state index contributed by atoms with van der Waals surface area (Å²) in [5.74, 6) is 0. The molecule has 1 heterocycles. The zero-order valence-electron chi connectivity index (χ0n) is 9.75. The third-order valence-corrected chi connectivity index (χ3v) is 4.02. The number of hydrogen-bond acceptors (Lipinski definition) is 2. The molecule has 1 aliphatic rings. The van der Waals surface area contributed by atoms with Crippen LogP contribution in [-0.2, 0) is 6.42 Å². The SMILES string of the molecule is CC(Cc1ccccc1Br)N1CCNCC1. The standard InChI is InChI=1S/C13H19BrN2/c1-11(16-8-6-15-7-9-16)10-12-4-2-3-5-13(12)14/h2-5,11,15H,6-10H2,1H3. The van der Waals surface area contributed by atoms with Crippen molar-refractivity contribution in [3.63, 3.8) is 0 Å². The van der Waals surface area contributed by atoms with Crippen LogP contribution in [0.25, 0.3) is 0 Å². The molecule has 88 valence electrons. The second kappa shape index (κ2) is 5.80. The predicted molar refractivity (Wildman–Crippen MR) is 71.8 cm³/mol. The van der Waals surface area contributed by atoms with Crippen molar-refractivity contribution in [1.82, 2.24) is 10.2 Å². The molecule has 1 aromatic rings. The molecule has 1 unspecified atom stereocenters. The third kappa shape index (κ3) is 3.06. The first-order chi connectivity index (χ1) is 7.77. The van der Waals surface area contributed by atoms with Gasteiger partial charge in [-0.2, -0.15) is 0 Å². The molecule has 0 aromatic heterocycles. The molecular formula is C13H19BrN2. The van der Waals surface area contributed by atoms with Crippen LogP contribution < -0.4 is 5.32 Å². The summed E-state index contributed by atoms with van der Waals surface area (Å²) in [6.07, 6.45) is 1.13. The van der Waals surface area contributed by atoms with Gasteiger partial charge in [-0.1, -0.05) is 34.1 Å². The summed E-state index contributed by atoms with van der Waals surface area (Å²) in [4.78, 5) is 2.57. The Balaban J connectivity index is 1.96. The van der Waals surface area contributed by atoms with Gasteiger partial charge in [-0.15, -0.1) is 0 Å². The molecule has 0 aliphatic carbocycles. The average Bonchev–Trinajstić information content (AvgIpc) is 2.33. The number of halogens is 1. The van der Waals surface area contributed by atoms with Gasteiger partial charge in [0.05, 0.1) is 0 Å². The number of nitrogens with one attached hydrogen (secondary N) is 1. The number of piperazine rings is 1. The second-order valence-electron chi connectivity index (χ2n) is 4.43. The van der Waals surface area contributed by atoms with Crippen molar-refractivity contribution in [2.75, 3.05) is 26.2 Å². The highest BCUT2D eigenvalue weighted by atomic mass is 79.9. The van der Waals surface area contributed by atoms with Crippen LogP contribution in [0.15, 0.2) is 28.7 Å². The minimum Gasteiger partial charge on any atom is -0.314 e. The van der Waals surface area contributed by atoms with Crippen LogP contribution in [0.3, 0.4) is 0 Å². The van der Waals surface area contributed by atoms with Crippen LogP contribution in [0.2, 0.25) is 0 Å². The maximum atomic E-state index is 3.62. The lowest BCUT2D eigenvalue weighted by atomic mass is 10.1. The molecule has 1 aliphatic heterocycles. The van der Waals surface area contributed by atoms with Gasteiger partial charge in [-0.05, 0) is 25.0 Å². The van der Waals surface area contributed by atoms with E-state index in [0.717, 1.165) is 19.5 Å². The van der Waals surface area contributed by atoms with Gasteiger partial charge in [0.15, 0.2) is 0 Å². The first kappa shape index (κ1) is 12.1. The molecule has 2 rings (SSSR count). The van der Waals surface area contributed by atoms with Crippen molar-refractivity contribution in [3.8, 4) is 0 Å². The Morgan fingerprint density at radius 1 is 1.31 bits per heavy atom. The average molecular weight is 283 g/mol. The topological polar surface area (TPSA) is 15.3 Å². The van der Waals surface area contributed by atoms with E-state index in [0.29, 0.717) is 6.04 Å². The van der Waals surface area contributed by atoms with Gasteiger partial charge in [0.25, 0.3) is 0 Å². The molecular weight excluding hydrogens is 264 g/mol. The van der Waals surface area contributed by atoms with E-state index < -0.39 is 0 Å². The van der Waals surface area contributed by atoms with Crippen LogP contribution in [0.4, 0.5) is 0 Å². The molecule has 1 fully saturated rings. The van der Waals surface area contributed by atoms with Gasteiger partial charge < -0.3 is 5.32 Å². The minimum atomic E-state index is 0.626. The second-order valence-corrected chi connectivity index (χ2v) is 5.28. The largest absolute Gasteiger partial charge is 0.314 e. The maximum Gasteiger partial charge on any atom is 0.0207 e. The van der Waals surface area contributed by atoms with Crippen LogP contribution in [0, 0.1) is 0 Å². The predicted octanol–water partition coefficient (Wildman–Crippen LogP) is 2.29. The highest BCUT2D eigenvalue weighted by molar-refractivity contribution is 9.10. The van der Waals surface area contributed by atoms with Gasteiger partial charge in [-0.25, -0.2) is 0 Å². The Morgan fingerprint density at radius 2 is 2.00 bits per heavy atom. The van der Waals surface area contributed by atoms with E-state index in [4.69, 9.17) is 0 Å². The van der Waals surface area contributed by atoms with Gasteiger partial charge in [-0.3, -0.25) is 4.90 Å². The number of rotatable bonds is 3. The van der Waals surface area contributed by atoms with Crippen molar-refractivity contribution in [2.45, 2.75) is 19.4 Å². The maximum absolute atomic E-state index is 3.62. The van der Waals surface area contributed by atoms with E-state index >= 15 is 0 Å². The normalized spacial score (nSPS) is 19.6. The van der Waals surface area contributed by atoms with Crippen LogP contribution in [0.5, 0.6) is 0 Å². The van der Waals surface area contributed by atoms with E-state index in [1.807, 2.05) is 0 Å². The summed E-state index contributed by atoms with van der Waals surface area (Å²) >= 11 is 3.62. The smallest absolute Gasteiger partial charge is 0.0207 e. The fourth-order valence-corrected chi connectivity index (χ4v) is 2.68. The Labute approximate surface area is 106 Å². The molecule has 1 atom stereocenters. The van der Waals surface area contributed by atoms with Crippen LogP contribution >= 0.6 is 15.9 Å². The molecule has 3 heteroatoms. The lowest BCUT2D eigenvalue weighted by Crippen LogP contribution is -2.48. The fraction of sp³-hybridized carbons (Fsp3) is 0.538. The molecule has 0 radical (unpaired) electrons. The first-order valence-electron chi connectivity index (χ1n) is 5.95. The zero-order chi connectivity index (χ0) is 11.4. The molecule has 0 saturated carbocycles. The van der Waals surface area contributed by atoms with E-state index in [-0.39, 0.29) is 0 Å². The molecule has 16 heavy (non-hydrogen) atoms. The Kier molecular flexibility index (Phi) is 4.38. The van der Waals surface area contributed by atoms with E-state index in [1.54, 1.807) is 0 Å². The van der Waals surface area contributed by atoms with Gasteiger partial charge >= 0.3 is 0 Å². The van der Waals surface area contributed by atoms with Gasteiger partial charge in [0.2, 0.25) is 0 Å². The number of nitrogens with zero attached hydrogens (tertiary/aromatic N) is 1. The van der Waals surface area contributed by atoms with E-state index in [9.17, 15) is 0 Å². The van der Waals surface area contributed by atoms with Crippen LogP contribution in [-0.4, -0.2) is 37.1 Å².